The van der Waals surface area contributed by atoms with Crippen molar-refractivity contribution in [1.29, 1.82) is 0 Å². The average molecular weight is 266 g/mol. The fourth-order valence-corrected chi connectivity index (χ4v) is 2.12. The van der Waals surface area contributed by atoms with Gasteiger partial charge in [0.05, 0.1) is 17.7 Å². The third-order valence-corrected chi connectivity index (χ3v) is 3.10. The molecule has 0 saturated heterocycles. The van der Waals surface area contributed by atoms with E-state index < -0.39 is 0 Å². The van der Waals surface area contributed by atoms with Crippen LogP contribution in [0.4, 0.5) is 0 Å². The van der Waals surface area contributed by atoms with Crippen LogP contribution in [-0.4, -0.2) is 15.3 Å². The highest BCUT2D eigenvalue weighted by molar-refractivity contribution is 5.82. The van der Waals surface area contributed by atoms with Gasteiger partial charge in [-0.3, -0.25) is 0 Å². The zero-order chi connectivity index (χ0) is 13.9. The van der Waals surface area contributed by atoms with Crippen LogP contribution in [0.3, 0.4) is 0 Å². The van der Waals surface area contributed by atoms with Gasteiger partial charge in [0.25, 0.3) is 0 Å². The van der Waals surface area contributed by atoms with Crippen molar-refractivity contribution in [2.45, 2.75) is 13.5 Å². The van der Waals surface area contributed by atoms with Gasteiger partial charge >= 0.3 is 0 Å². The fraction of sp³-hybridized carbons (Fsp3) is 0.125. The molecular weight excluding hydrogens is 252 g/mol. The number of aliphatic hydroxyl groups excluding tert-OH is 1. The molecule has 3 rings (SSSR count). The lowest BCUT2D eigenvalue weighted by Gasteiger charge is -2.10. The number of aliphatic hydroxyl groups is 1. The molecule has 4 heteroatoms. The Bertz CT molecular complexity index is 756. The van der Waals surface area contributed by atoms with Crippen LogP contribution < -0.4 is 4.74 Å². The van der Waals surface area contributed by atoms with Gasteiger partial charge in [-0.15, -0.1) is 10.2 Å². The highest BCUT2D eigenvalue weighted by Gasteiger charge is 2.11. The summed E-state index contributed by atoms with van der Waals surface area (Å²) in [6.07, 6.45) is 0. The van der Waals surface area contributed by atoms with Gasteiger partial charge in [0.15, 0.2) is 0 Å². The van der Waals surface area contributed by atoms with Crippen LogP contribution in [-0.2, 0) is 6.61 Å². The highest BCUT2D eigenvalue weighted by atomic mass is 16.5. The third-order valence-electron chi connectivity index (χ3n) is 3.10. The Morgan fingerprint density at radius 3 is 2.70 bits per heavy atom. The molecule has 0 aliphatic rings. The summed E-state index contributed by atoms with van der Waals surface area (Å²) in [6, 6.07) is 15.2. The summed E-state index contributed by atoms with van der Waals surface area (Å²) in [7, 11) is 0. The molecule has 1 N–H and O–H groups in total. The fourth-order valence-electron chi connectivity index (χ4n) is 2.12. The van der Waals surface area contributed by atoms with Crippen molar-refractivity contribution in [2.24, 2.45) is 0 Å². The van der Waals surface area contributed by atoms with E-state index >= 15 is 0 Å². The zero-order valence-corrected chi connectivity index (χ0v) is 11.1. The third kappa shape index (κ3) is 2.33. The van der Waals surface area contributed by atoms with Gasteiger partial charge in [0.2, 0.25) is 5.88 Å². The summed E-state index contributed by atoms with van der Waals surface area (Å²) in [4.78, 5) is 0. The molecule has 1 heterocycles. The minimum Gasteiger partial charge on any atom is -0.437 e. The molecule has 100 valence electrons. The first kappa shape index (κ1) is 12.6. The van der Waals surface area contributed by atoms with Crippen molar-refractivity contribution in [3.63, 3.8) is 0 Å². The molecule has 0 amide bonds. The molecule has 0 radical (unpaired) electrons. The first-order valence-corrected chi connectivity index (χ1v) is 6.37. The van der Waals surface area contributed by atoms with Crippen LogP contribution >= 0.6 is 0 Å². The Hall–Kier alpha value is -2.46. The summed E-state index contributed by atoms with van der Waals surface area (Å²) in [6.45, 7) is 1.85. The molecule has 0 aliphatic heterocycles. The molecular formula is C16H14N2O2. The Morgan fingerprint density at radius 2 is 1.90 bits per heavy atom. The van der Waals surface area contributed by atoms with Gasteiger partial charge in [0.1, 0.15) is 5.75 Å². The van der Waals surface area contributed by atoms with E-state index in [4.69, 9.17) is 4.74 Å². The van der Waals surface area contributed by atoms with E-state index in [1.54, 1.807) is 0 Å². The van der Waals surface area contributed by atoms with Gasteiger partial charge in [-0.25, -0.2) is 0 Å². The summed E-state index contributed by atoms with van der Waals surface area (Å²) >= 11 is 0. The summed E-state index contributed by atoms with van der Waals surface area (Å²) in [5.74, 6) is 1.03. The number of aromatic nitrogens is 2. The molecule has 0 aliphatic carbocycles. The second kappa shape index (κ2) is 5.27. The predicted octanol–water partition coefficient (Wildman–Crippen LogP) is 3.22. The average Bonchev–Trinajstić information content (AvgIpc) is 2.47. The first-order chi connectivity index (χ1) is 9.78. The van der Waals surface area contributed by atoms with E-state index in [0.717, 1.165) is 16.5 Å². The summed E-state index contributed by atoms with van der Waals surface area (Å²) in [5, 5.41) is 18.6. The standard InChI is InChI=1S/C16H14N2O2/c1-11-5-4-6-12(9-11)20-16-14(10-19)13-7-2-3-8-15(13)17-18-16/h2-9,19H,10H2,1H3. The van der Waals surface area contributed by atoms with Gasteiger partial charge in [-0.2, -0.15) is 0 Å². The van der Waals surface area contributed by atoms with E-state index in [1.807, 2.05) is 55.5 Å². The van der Waals surface area contributed by atoms with Gasteiger partial charge in [-0.1, -0.05) is 30.3 Å². The van der Waals surface area contributed by atoms with Crippen molar-refractivity contribution in [1.82, 2.24) is 10.2 Å². The molecule has 4 nitrogen and oxygen atoms in total. The number of nitrogens with zero attached hydrogens (tertiary/aromatic N) is 2. The normalized spacial score (nSPS) is 10.7. The van der Waals surface area contributed by atoms with E-state index in [2.05, 4.69) is 10.2 Å². The summed E-state index contributed by atoms with van der Waals surface area (Å²) in [5.41, 5.74) is 2.49. The van der Waals surface area contributed by atoms with Crippen molar-refractivity contribution < 1.29 is 9.84 Å². The van der Waals surface area contributed by atoms with Crippen molar-refractivity contribution in [3.8, 4) is 11.6 Å². The van der Waals surface area contributed by atoms with Crippen LogP contribution in [0.1, 0.15) is 11.1 Å². The lowest BCUT2D eigenvalue weighted by atomic mass is 10.1. The SMILES string of the molecule is Cc1cccc(Oc2nnc3ccccc3c2CO)c1. The second-order valence-corrected chi connectivity index (χ2v) is 4.58. The molecule has 0 saturated carbocycles. The summed E-state index contributed by atoms with van der Waals surface area (Å²) < 4.78 is 5.76. The molecule has 20 heavy (non-hydrogen) atoms. The van der Waals surface area contributed by atoms with Crippen molar-refractivity contribution in [3.05, 3.63) is 59.7 Å². The van der Waals surface area contributed by atoms with E-state index in [-0.39, 0.29) is 6.61 Å². The molecule has 0 bridgehead atoms. The molecule has 0 atom stereocenters. The van der Waals surface area contributed by atoms with Crippen LogP contribution in [0.25, 0.3) is 10.9 Å². The molecule has 1 aromatic heterocycles. The maximum Gasteiger partial charge on any atom is 0.245 e. The molecule has 0 unspecified atom stereocenters. The molecule has 3 aromatic rings. The topological polar surface area (TPSA) is 55.2 Å². The van der Waals surface area contributed by atoms with Crippen LogP contribution in [0, 0.1) is 6.92 Å². The maximum atomic E-state index is 9.60. The van der Waals surface area contributed by atoms with Crippen LogP contribution in [0.5, 0.6) is 11.6 Å². The Morgan fingerprint density at radius 1 is 1.05 bits per heavy atom. The van der Waals surface area contributed by atoms with Gasteiger partial charge in [0, 0.05) is 5.39 Å². The maximum absolute atomic E-state index is 9.60. The Balaban J connectivity index is 2.07. The zero-order valence-electron chi connectivity index (χ0n) is 11.1. The lowest BCUT2D eigenvalue weighted by molar-refractivity contribution is 0.276. The number of ether oxygens (including phenoxy) is 1. The predicted molar refractivity (Wildman–Crippen MR) is 76.7 cm³/mol. The van der Waals surface area contributed by atoms with E-state index in [0.29, 0.717) is 17.2 Å². The van der Waals surface area contributed by atoms with Crippen LogP contribution in [0.15, 0.2) is 48.5 Å². The number of rotatable bonds is 3. The van der Waals surface area contributed by atoms with E-state index in [9.17, 15) is 5.11 Å². The number of benzene rings is 2. The van der Waals surface area contributed by atoms with Gasteiger partial charge < -0.3 is 9.84 Å². The quantitative estimate of drug-likeness (QED) is 0.790. The molecule has 0 spiro atoms. The molecule has 0 fully saturated rings. The minimum atomic E-state index is -0.142. The highest BCUT2D eigenvalue weighted by Crippen LogP contribution is 2.28. The van der Waals surface area contributed by atoms with Crippen molar-refractivity contribution >= 4 is 10.9 Å². The minimum absolute atomic E-state index is 0.142. The van der Waals surface area contributed by atoms with Crippen molar-refractivity contribution in [2.75, 3.05) is 0 Å². The smallest absolute Gasteiger partial charge is 0.245 e. The monoisotopic (exact) mass is 266 g/mol. The van der Waals surface area contributed by atoms with Crippen LogP contribution in [0.2, 0.25) is 0 Å². The van der Waals surface area contributed by atoms with Gasteiger partial charge in [-0.05, 0) is 30.7 Å². The lowest BCUT2D eigenvalue weighted by Crippen LogP contribution is -1.99. The number of fused-ring (bicyclic) bond motifs is 1. The Labute approximate surface area is 116 Å². The largest absolute Gasteiger partial charge is 0.437 e. The second-order valence-electron chi connectivity index (χ2n) is 4.58. The van der Waals surface area contributed by atoms with E-state index in [1.165, 1.54) is 0 Å². The first-order valence-electron chi connectivity index (χ1n) is 6.37. The number of hydrogen-bond donors (Lipinski definition) is 1. The number of aryl methyl sites for hydroxylation is 1. The molecule has 2 aromatic carbocycles. The number of hydrogen-bond acceptors (Lipinski definition) is 4. The Kier molecular flexibility index (Phi) is 3.31.